The fourth-order valence-electron chi connectivity index (χ4n) is 2.93. The molecule has 8 heteroatoms. The standard InChI is InChI=1S/C19H16BrN5OS/c1-10-15-8-13(9-21-17(15)25(3)24-10)18(26)23-19-22-16(11(2)27-19)12-4-6-14(20)7-5-12/h4-9H,1-3H3,(H,22,23,26). The molecule has 1 aromatic carbocycles. The summed E-state index contributed by atoms with van der Waals surface area (Å²) in [5, 5.41) is 8.66. The molecule has 4 aromatic rings. The summed E-state index contributed by atoms with van der Waals surface area (Å²) in [5.41, 5.74) is 3.97. The Kier molecular flexibility index (Phi) is 4.53. The Balaban J connectivity index is 1.61. The van der Waals surface area contributed by atoms with Crippen LogP contribution in [0.3, 0.4) is 0 Å². The maximum Gasteiger partial charge on any atom is 0.259 e. The first-order valence-electron chi connectivity index (χ1n) is 8.26. The van der Waals surface area contributed by atoms with Crippen molar-refractivity contribution >= 4 is 49.3 Å². The van der Waals surface area contributed by atoms with Crippen LogP contribution < -0.4 is 5.32 Å². The Labute approximate surface area is 168 Å². The molecule has 0 fully saturated rings. The zero-order valence-corrected chi connectivity index (χ0v) is 17.3. The minimum atomic E-state index is -0.233. The number of halogens is 1. The fraction of sp³-hybridized carbons (Fsp3) is 0.158. The molecule has 0 radical (unpaired) electrons. The Hall–Kier alpha value is -2.58. The second-order valence-electron chi connectivity index (χ2n) is 6.19. The molecular weight excluding hydrogens is 426 g/mol. The second kappa shape index (κ2) is 6.86. The normalized spacial score (nSPS) is 11.1. The molecule has 27 heavy (non-hydrogen) atoms. The summed E-state index contributed by atoms with van der Waals surface area (Å²) in [6.07, 6.45) is 1.56. The minimum Gasteiger partial charge on any atom is -0.298 e. The highest BCUT2D eigenvalue weighted by Gasteiger charge is 2.15. The Morgan fingerprint density at radius 3 is 2.70 bits per heavy atom. The lowest BCUT2D eigenvalue weighted by molar-refractivity contribution is 0.102. The predicted octanol–water partition coefficient (Wildman–Crippen LogP) is 4.72. The number of carbonyl (C=O) groups is 1. The van der Waals surface area contributed by atoms with Crippen molar-refractivity contribution in [2.45, 2.75) is 13.8 Å². The SMILES string of the molecule is Cc1sc(NC(=O)c2cnc3c(c2)c(C)nn3C)nc1-c1ccc(Br)cc1. The number of fused-ring (bicyclic) bond motifs is 1. The molecule has 136 valence electrons. The number of amides is 1. The maximum absolute atomic E-state index is 12.7. The van der Waals surface area contributed by atoms with Gasteiger partial charge >= 0.3 is 0 Å². The fourth-order valence-corrected chi connectivity index (χ4v) is 4.02. The van der Waals surface area contributed by atoms with Gasteiger partial charge in [-0.15, -0.1) is 11.3 Å². The van der Waals surface area contributed by atoms with E-state index < -0.39 is 0 Å². The summed E-state index contributed by atoms with van der Waals surface area (Å²) >= 11 is 4.89. The van der Waals surface area contributed by atoms with Gasteiger partial charge in [0.2, 0.25) is 0 Å². The first-order chi connectivity index (χ1) is 12.9. The molecule has 0 spiro atoms. The summed E-state index contributed by atoms with van der Waals surface area (Å²) in [7, 11) is 1.84. The van der Waals surface area contributed by atoms with Gasteiger partial charge in [-0.25, -0.2) is 9.97 Å². The van der Waals surface area contributed by atoms with Crippen molar-refractivity contribution in [3.63, 3.8) is 0 Å². The van der Waals surface area contributed by atoms with Crippen molar-refractivity contribution in [3.05, 3.63) is 57.1 Å². The summed E-state index contributed by atoms with van der Waals surface area (Å²) < 4.78 is 2.72. The van der Waals surface area contributed by atoms with Crippen LogP contribution in [0.25, 0.3) is 22.3 Å². The van der Waals surface area contributed by atoms with Crippen molar-refractivity contribution in [1.29, 1.82) is 0 Å². The van der Waals surface area contributed by atoms with E-state index in [4.69, 9.17) is 0 Å². The highest BCUT2D eigenvalue weighted by molar-refractivity contribution is 9.10. The van der Waals surface area contributed by atoms with Crippen molar-refractivity contribution in [2.75, 3.05) is 5.32 Å². The van der Waals surface area contributed by atoms with E-state index in [1.54, 1.807) is 10.9 Å². The van der Waals surface area contributed by atoms with E-state index in [1.807, 2.05) is 51.2 Å². The first-order valence-corrected chi connectivity index (χ1v) is 9.87. The quantitative estimate of drug-likeness (QED) is 0.498. The molecular formula is C19H16BrN5OS. The summed E-state index contributed by atoms with van der Waals surface area (Å²) in [5.74, 6) is -0.233. The zero-order chi connectivity index (χ0) is 19.1. The van der Waals surface area contributed by atoms with E-state index in [0.29, 0.717) is 10.7 Å². The van der Waals surface area contributed by atoms with Crippen LogP contribution in [0.1, 0.15) is 20.9 Å². The van der Waals surface area contributed by atoms with Gasteiger partial charge in [0.05, 0.1) is 17.0 Å². The molecule has 0 aliphatic carbocycles. The molecule has 6 nitrogen and oxygen atoms in total. The van der Waals surface area contributed by atoms with E-state index in [-0.39, 0.29) is 5.91 Å². The molecule has 0 unspecified atom stereocenters. The number of carbonyl (C=O) groups excluding carboxylic acids is 1. The molecule has 0 saturated carbocycles. The number of hydrogen-bond acceptors (Lipinski definition) is 5. The summed E-state index contributed by atoms with van der Waals surface area (Å²) in [4.78, 5) is 22.7. The van der Waals surface area contributed by atoms with Gasteiger partial charge in [-0.3, -0.25) is 14.8 Å². The third-order valence-electron chi connectivity index (χ3n) is 4.26. The lowest BCUT2D eigenvalue weighted by Gasteiger charge is -2.02. The Morgan fingerprint density at radius 1 is 1.22 bits per heavy atom. The van der Waals surface area contributed by atoms with Gasteiger partial charge in [-0.2, -0.15) is 5.10 Å². The molecule has 4 rings (SSSR count). The zero-order valence-electron chi connectivity index (χ0n) is 14.9. The highest BCUT2D eigenvalue weighted by Crippen LogP contribution is 2.31. The van der Waals surface area contributed by atoms with Gasteiger partial charge in [0.1, 0.15) is 0 Å². The van der Waals surface area contributed by atoms with Crippen molar-refractivity contribution in [1.82, 2.24) is 19.7 Å². The summed E-state index contributed by atoms with van der Waals surface area (Å²) in [6, 6.07) is 9.77. The lowest BCUT2D eigenvalue weighted by Crippen LogP contribution is -2.12. The molecule has 0 saturated heterocycles. The van der Waals surface area contributed by atoms with Crippen molar-refractivity contribution in [2.24, 2.45) is 7.05 Å². The van der Waals surface area contributed by atoms with Crippen LogP contribution in [-0.2, 0) is 7.05 Å². The number of anilines is 1. The smallest absolute Gasteiger partial charge is 0.259 e. The average Bonchev–Trinajstić information content (AvgIpc) is 3.15. The number of thiazole rings is 1. The van der Waals surface area contributed by atoms with E-state index in [2.05, 4.69) is 36.3 Å². The van der Waals surface area contributed by atoms with Gasteiger partial charge in [-0.1, -0.05) is 28.1 Å². The topological polar surface area (TPSA) is 72.7 Å². The maximum atomic E-state index is 12.7. The number of hydrogen-bond donors (Lipinski definition) is 1. The molecule has 0 atom stereocenters. The minimum absolute atomic E-state index is 0.233. The van der Waals surface area contributed by atoms with Gasteiger partial charge in [0, 0.05) is 33.5 Å². The molecule has 0 aliphatic heterocycles. The molecule has 3 heterocycles. The third kappa shape index (κ3) is 3.38. The van der Waals surface area contributed by atoms with Crippen LogP contribution >= 0.6 is 27.3 Å². The number of aromatic nitrogens is 4. The number of pyridine rings is 1. The molecule has 3 aromatic heterocycles. The second-order valence-corrected chi connectivity index (χ2v) is 8.31. The van der Waals surface area contributed by atoms with E-state index >= 15 is 0 Å². The highest BCUT2D eigenvalue weighted by atomic mass is 79.9. The molecule has 1 amide bonds. The van der Waals surface area contributed by atoms with Gasteiger partial charge in [0.15, 0.2) is 10.8 Å². The molecule has 1 N–H and O–H groups in total. The van der Waals surface area contributed by atoms with Crippen LogP contribution in [0.5, 0.6) is 0 Å². The van der Waals surface area contributed by atoms with Crippen LogP contribution in [-0.4, -0.2) is 25.7 Å². The van der Waals surface area contributed by atoms with E-state index in [0.717, 1.165) is 37.3 Å². The number of rotatable bonds is 3. The number of benzene rings is 1. The monoisotopic (exact) mass is 441 g/mol. The largest absolute Gasteiger partial charge is 0.298 e. The molecule has 0 bridgehead atoms. The third-order valence-corrected chi connectivity index (χ3v) is 5.67. The van der Waals surface area contributed by atoms with Crippen LogP contribution in [0.4, 0.5) is 5.13 Å². The predicted molar refractivity (Wildman–Crippen MR) is 111 cm³/mol. The van der Waals surface area contributed by atoms with Crippen LogP contribution in [0.15, 0.2) is 41.0 Å². The number of nitrogens with zero attached hydrogens (tertiary/aromatic N) is 4. The van der Waals surface area contributed by atoms with E-state index in [9.17, 15) is 4.79 Å². The van der Waals surface area contributed by atoms with Gasteiger partial charge in [-0.05, 0) is 32.0 Å². The lowest BCUT2D eigenvalue weighted by atomic mass is 10.1. The van der Waals surface area contributed by atoms with Crippen molar-refractivity contribution < 1.29 is 4.79 Å². The number of aryl methyl sites for hydroxylation is 3. The first kappa shape index (κ1) is 17.8. The Morgan fingerprint density at radius 2 is 1.96 bits per heavy atom. The van der Waals surface area contributed by atoms with Crippen LogP contribution in [0, 0.1) is 13.8 Å². The van der Waals surface area contributed by atoms with Gasteiger partial charge < -0.3 is 0 Å². The number of nitrogens with one attached hydrogen (secondary N) is 1. The van der Waals surface area contributed by atoms with Gasteiger partial charge in [0.25, 0.3) is 5.91 Å². The summed E-state index contributed by atoms with van der Waals surface area (Å²) in [6.45, 7) is 3.90. The Bertz CT molecular complexity index is 1160. The van der Waals surface area contributed by atoms with Crippen LogP contribution in [0.2, 0.25) is 0 Å². The van der Waals surface area contributed by atoms with E-state index in [1.165, 1.54) is 11.3 Å². The van der Waals surface area contributed by atoms with Crippen molar-refractivity contribution in [3.8, 4) is 11.3 Å². The molecule has 0 aliphatic rings. The average molecular weight is 442 g/mol.